The molecule has 1 heterocycles. The molecule has 0 bridgehead atoms. The van der Waals surface area contributed by atoms with Gasteiger partial charge in [-0.05, 0) is 24.6 Å². The van der Waals surface area contributed by atoms with Gasteiger partial charge in [0.15, 0.2) is 0 Å². The van der Waals surface area contributed by atoms with Crippen LogP contribution in [-0.2, 0) is 13.6 Å². The smallest absolute Gasteiger partial charge is 0.338 e. The molecule has 0 aliphatic rings. The van der Waals surface area contributed by atoms with Crippen LogP contribution in [0.25, 0.3) is 0 Å². The van der Waals surface area contributed by atoms with Gasteiger partial charge in [-0.2, -0.15) is 0 Å². The van der Waals surface area contributed by atoms with E-state index in [1.807, 2.05) is 14.0 Å². The molecule has 0 radical (unpaired) electrons. The Bertz CT molecular complexity index is 627. The molecule has 2 aromatic rings. The fourth-order valence-electron chi connectivity index (χ4n) is 1.89. The van der Waals surface area contributed by atoms with Gasteiger partial charge in [-0.15, -0.1) is 10.2 Å². The highest BCUT2D eigenvalue weighted by Crippen LogP contribution is 2.13. The zero-order valence-electron chi connectivity index (χ0n) is 11.2. The summed E-state index contributed by atoms with van der Waals surface area (Å²) >= 11 is 0. The van der Waals surface area contributed by atoms with E-state index >= 15 is 0 Å². The van der Waals surface area contributed by atoms with Crippen molar-refractivity contribution in [2.24, 2.45) is 7.05 Å². The lowest BCUT2D eigenvalue weighted by Gasteiger charge is -2.13. The molecule has 1 aromatic heterocycles. The van der Waals surface area contributed by atoms with E-state index < -0.39 is 11.8 Å². The summed E-state index contributed by atoms with van der Waals surface area (Å²) < 4.78 is 15.3. The van der Waals surface area contributed by atoms with Crippen molar-refractivity contribution in [1.82, 2.24) is 20.1 Å². The van der Waals surface area contributed by atoms with Crippen LogP contribution in [0.3, 0.4) is 0 Å². The monoisotopic (exact) mass is 278 g/mol. The summed E-state index contributed by atoms with van der Waals surface area (Å²) in [6.07, 6.45) is 1.61. The molecule has 2 N–H and O–H groups in total. The van der Waals surface area contributed by atoms with Gasteiger partial charge in [0, 0.05) is 13.6 Å². The Kier molecular flexibility index (Phi) is 4.09. The van der Waals surface area contributed by atoms with Crippen molar-refractivity contribution in [1.29, 1.82) is 0 Å². The number of carbonyl (C=O) groups is 1. The fourth-order valence-corrected chi connectivity index (χ4v) is 1.89. The van der Waals surface area contributed by atoms with Crippen LogP contribution in [0.15, 0.2) is 24.5 Å². The Morgan fingerprint density at radius 3 is 2.85 bits per heavy atom. The van der Waals surface area contributed by atoms with Gasteiger partial charge >= 0.3 is 5.97 Å². The van der Waals surface area contributed by atoms with Crippen molar-refractivity contribution in [3.8, 4) is 0 Å². The number of carboxylic acid groups (broad SMARTS) is 1. The standard InChI is InChI=1S/C13H15FN4O2/c1-8(12-17-16-7-18(12)2)15-6-9-3-4-10(13(19)20)11(14)5-9/h3-5,7-8,15H,6H2,1-2H3,(H,19,20). The predicted molar refractivity (Wildman–Crippen MR) is 69.6 cm³/mol. The van der Waals surface area contributed by atoms with E-state index in [2.05, 4.69) is 15.5 Å². The van der Waals surface area contributed by atoms with E-state index in [1.165, 1.54) is 12.1 Å². The molecule has 106 valence electrons. The lowest BCUT2D eigenvalue weighted by atomic mass is 10.1. The van der Waals surface area contributed by atoms with E-state index in [0.29, 0.717) is 12.1 Å². The molecule has 2 rings (SSSR count). The zero-order chi connectivity index (χ0) is 14.7. The first-order valence-electron chi connectivity index (χ1n) is 6.08. The van der Waals surface area contributed by atoms with Gasteiger partial charge in [0.2, 0.25) is 0 Å². The summed E-state index contributed by atoms with van der Waals surface area (Å²) in [6, 6.07) is 4.02. The SMILES string of the molecule is CC(NCc1ccc(C(=O)O)c(F)c1)c1nncn1C. The molecular formula is C13H15FN4O2. The number of benzene rings is 1. The van der Waals surface area contributed by atoms with Crippen LogP contribution in [-0.4, -0.2) is 25.8 Å². The third-order valence-corrected chi connectivity index (χ3v) is 3.01. The van der Waals surface area contributed by atoms with Gasteiger partial charge in [-0.25, -0.2) is 9.18 Å². The maximum atomic E-state index is 13.5. The maximum Gasteiger partial charge on any atom is 0.338 e. The number of hydrogen-bond acceptors (Lipinski definition) is 4. The zero-order valence-corrected chi connectivity index (χ0v) is 11.2. The van der Waals surface area contributed by atoms with Crippen LogP contribution in [0.1, 0.15) is 34.7 Å². The molecule has 0 aliphatic carbocycles. The molecule has 20 heavy (non-hydrogen) atoms. The number of rotatable bonds is 5. The molecule has 0 spiro atoms. The molecule has 0 saturated heterocycles. The minimum absolute atomic E-state index is 0.0512. The second kappa shape index (κ2) is 5.79. The molecule has 0 aliphatic heterocycles. The average Bonchev–Trinajstić information content (AvgIpc) is 2.82. The van der Waals surface area contributed by atoms with Crippen molar-refractivity contribution in [3.63, 3.8) is 0 Å². The van der Waals surface area contributed by atoms with Crippen LogP contribution >= 0.6 is 0 Å². The first-order chi connectivity index (χ1) is 9.49. The highest BCUT2D eigenvalue weighted by atomic mass is 19.1. The maximum absolute atomic E-state index is 13.5. The number of aromatic carboxylic acids is 1. The van der Waals surface area contributed by atoms with Gasteiger partial charge in [-0.1, -0.05) is 6.07 Å². The summed E-state index contributed by atoms with van der Waals surface area (Å²) in [5.74, 6) is -1.23. The van der Waals surface area contributed by atoms with Crippen LogP contribution in [0.5, 0.6) is 0 Å². The van der Waals surface area contributed by atoms with Gasteiger partial charge < -0.3 is 15.0 Å². The predicted octanol–water partition coefficient (Wildman–Crippen LogP) is 1.50. The van der Waals surface area contributed by atoms with Crippen molar-refractivity contribution >= 4 is 5.97 Å². The molecule has 1 aromatic carbocycles. The van der Waals surface area contributed by atoms with Crippen LogP contribution in [0.2, 0.25) is 0 Å². The Hall–Kier alpha value is -2.28. The number of aryl methyl sites for hydroxylation is 1. The summed E-state index contributed by atoms with van der Waals surface area (Å²) in [5.41, 5.74) is 0.344. The molecule has 0 saturated carbocycles. The molecular weight excluding hydrogens is 263 g/mol. The van der Waals surface area contributed by atoms with Gasteiger partial charge in [0.05, 0.1) is 11.6 Å². The quantitative estimate of drug-likeness (QED) is 0.866. The number of halogens is 1. The van der Waals surface area contributed by atoms with E-state index in [9.17, 15) is 9.18 Å². The molecule has 1 unspecified atom stereocenters. The van der Waals surface area contributed by atoms with Gasteiger partial charge in [-0.3, -0.25) is 0 Å². The van der Waals surface area contributed by atoms with Gasteiger partial charge in [0.1, 0.15) is 18.0 Å². The lowest BCUT2D eigenvalue weighted by molar-refractivity contribution is 0.0692. The van der Waals surface area contributed by atoms with E-state index in [-0.39, 0.29) is 11.6 Å². The van der Waals surface area contributed by atoms with Crippen molar-refractivity contribution in [2.45, 2.75) is 19.5 Å². The van der Waals surface area contributed by atoms with Gasteiger partial charge in [0.25, 0.3) is 0 Å². The van der Waals surface area contributed by atoms with Crippen LogP contribution in [0.4, 0.5) is 4.39 Å². The Morgan fingerprint density at radius 1 is 1.55 bits per heavy atom. The fraction of sp³-hybridized carbons (Fsp3) is 0.308. The number of nitrogens with zero attached hydrogens (tertiary/aromatic N) is 3. The minimum atomic E-state index is -1.27. The summed E-state index contributed by atoms with van der Waals surface area (Å²) in [5, 5.41) is 19.7. The topological polar surface area (TPSA) is 80.0 Å². The normalized spacial score (nSPS) is 12.3. The Labute approximate surface area is 115 Å². The molecule has 0 amide bonds. The Balaban J connectivity index is 2.03. The summed E-state index contributed by atoms with van der Waals surface area (Å²) in [6.45, 7) is 2.33. The molecule has 7 heteroatoms. The first kappa shape index (κ1) is 14.1. The van der Waals surface area contributed by atoms with E-state index in [4.69, 9.17) is 5.11 Å². The number of hydrogen-bond donors (Lipinski definition) is 2. The van der Waals surface area contributed by atoms with Crippen LogP contribution < -0.4 is 5.32 Å². The van der Waals surface area contributed by atoms with Crippen molar-refractivity contribution < 1.29 is 14.3 Å². The van der Waals surface area contributed by atoms with Crippen molar-refractivity contribution in [3.05, 3.63) is 47.3 Å². The Morgan fingerprint density at radius 2 is 2.30 bits per heavy atom. The van der Waals surface area contributed by atoms with Crippen molar-refractivity contribution in [2.75, 3.05) is 0 Å². The average molecular weight is 278 g/mol. The van der Waals surface area contributed by atoms with Crippen LogP contribution in [0, 0.1) is 5.82 Å². The molecule has 0 fully saturated rings. The third kappa shape index (κ3) is 3.00. The highest BCUT2D eigenvalue weighted by Gasteiger charge is 2.13. The second-order valence-corrected chi connectivity index (χ2v) is 4.52. The third-order valence-electron chi connectivity index (χ3n) is 3.01. The van der Waals surface area contributed by atoms with E-state index in [1.54, 1.807) is 17.0 Å². The highest BCUT2D eigenvalue weighted by molar-refractivity contribution is 5.87. The largest absolute Gasteiger partial charge is 0.478 e. The first-order valence-corrected chi connectivity index (χ1v) is 6.08. The summed E-state index contributed by atoms with van der Waals surface area (Å²) in [4.78, 5) is 10.7. The molecule has 1 atom stereocenters. The van der Waals surface area contributed by atoms with E-state index in [0.717, 1.165) is 5.82 Å². The summed E-state index contributed by atoms with van der Waals surface area (Å²) in [7, 11) is 1.84. The molecule has 6 nitrogen and oxygen atoms in total. The number of nitrogens with one attached hydrogen (secondary N) is 1. The number of carboxylic acids is 1. The number of aromatic nitrogens is 3. The lowest BCUT2D eigenvalue weighted by Crippen LogP contribution is -2.21. The second-order valence-electron chi connectivity index (χ2n) is 4.52. The minimum Gasteiger partial charge on any atom is -0.478 e.